The number of pyridine rings is 1. The Morgan fingerprint density at radius 1 is 1.62 bits per heavy atom. The third-order valence-corrected chi connectivity index (χ3v) is 1.99. The Hall–Kier alpha value is -1.56. The first kappa shape index (κ1) is 12.5. The van der Waals surface area contributed by atoms with E-state index >= 15 is 0 Å². The lowest BCUT2D eigenvalue weighted by Gasteiger charge is -2.14. The van der Waals surface area contributed by atoms with E-state index < -0.39 is 25.0 Å². The normalized spacial score (nSPS) is 11.2. The van der Waals surface area contributed by atoms with E-state index in [-0.39, 0.29) is 5.56 Å². The monoisotopic (exact) mass is 230 g/mol. The van der Waals surface area contributed by atoms with Crippen molar-refractivity contribution in [2.75, 3.05) is 13.2 Å². The third-order valence-electron chi connectivity index (χ3n) is 1.99. The number of aliphatic hydroxyl groups excluding tert-OH is 1. The van der Waals surface area contributed by atoms with Gasteiger partial charge in [-0.1, -0.05) is 0 Å². The Labute approximate surface area is 91.3 Å². The van der Waals surface area contributed by atoms with Crippen LogP contribution in [0.25, 0.3) is 0 Å². The summed E-state index contributed by atoms with van der Waals surface area (Å²) in [5.74, 6) is -3.93. The average Bonchev–Trinajstić information content (AvgIpc) is 2.27. The smallest absolute Gasteiger partial charge is 0.287 e. The van der Waals surface area contributed by atoms with E-state index in [1.165, 1.54) is 12.3 Å². The first-order chi connectivity index (χ1) is 7.46. The Morgan fingerprint density at radius 2 is 2.31 bits per heavy atom. The molecule has 0 atom stereocenters. The summed E-state index contributed by atoms with van der Waals surface area (Å²) in [6.07, 6.45) is 1.51. The summed E-state index contributed by atoms with van der Waals surface area (Å²) >= 11 is 0. The van der Waals surface area contributed by atoms with E-state index in [2.05, 4.69) is 4.98 Å². The van der Waals surface area contributed by atoms with Gasteiger partial charge in [-0.3, -0.25) is 9.78 Å². The second-order valence-electron chi connectivity index (χ2n) is 3.33. The van der Waals surface area contributed by atoms with Crippen LogP contribution in [0.5, 0.6) is 0 Å². The molecule has 2 N–H and O–H groups in total. The maximum Gasteiger partial charge on any atom is 0.287 e. The molecule has 1 aromatic heterocycles. The minimum atomic E-state index is -3.30. The SMILES string of the molecule is Cc1ncccc1C(=O)NCC(F)(F)CO. The van der Waals surface area contributed by atoms with Crippen molar-refractivity contribution >= 4 is 5.91 Å². The van der Waals surface area contributed by atoms with E-state index in [0.29, 0.717) is 5.69 Å². The Balaban J connectivity index is 2.64. The fourth-order valence-corrected chi connectivity index (χ4v) is 1.08. The molecule has 88 valence electrons. The standard InChI is InChI=1S/C10H12F2N2O2/c1-7-8(3-2-4-13-7)9(16)14-5-10(11,12)6-15/h2-4,15H,5-6H2,1H3,(H,14,16). The number of halogens is 2. The molecule has 0 radical (unpaired) electrons. The molecule has 0 spiro atoms. The van der Waals surface area contributed by atoms with Crippen molar-refractivity contribution in [1.29, 1.82) is 0 Å². The van der Waals surface area contributed by atoms with Gasteiger partial charge in [0, 0.05) is 11.9 Å². The van der Waals surface area contributed by atoms with Crippen LogP contribution in [0.4, 0.5) is 8.78 Å². The molecule has 0 aromatic carbocycles. The van der Waals surface area contributed by atoms with Gasteiger partial charge in [0.1, 0.15) is 6.61 Å². The van der Waals surface area contributed by atoms with E-state index in [9.17, 15) is 13.6 Å². The zero-order valence-electron chi connectivity index (χ0n) is 8.70. The molecule has 1 heterocycles. The fraction of sp³-hybridized carbons (Fsp3) is 0.400. The molecule has 1 amide bonds. The highest BCUT2D eigenvalue weighted by Gasteiger charge is 2.28. The molecule has 0 aliphatic carbocycles. The summed E-state index contributed by atoms with van der Waals surface area (Å²) < 4.78 is 25.3. The molecular weight excluding hydrogens is 218 g/mol. The summed E-state index contributed by atoms with van der Waals surface area (Å²) in [5.41, 5.74) is 0.712. The van der Waals surface area contributed by atoms with Crippen LogP contribution < -0.4 is 5.32 Å². The number of hydrogen-bond acceptors (Lipinski definition) is 3. The maximum absolute atomic E-state index is 12.6. The van der Waals surface area contributed by atoms with Crippen molar-refractivity contribution in [3.63, 3.8) is 0 Å². The highest BCUT2D eigenvalue weighted by Crippen LogP contribution is 2.10. The second-order valence-corrected chi connectivity index (χ2v) is 3.33. The quantitative estimate of drug-likeness (QED) is 0.802. The number of carbonyl (C=O) groups is 1. The van der Waals surface area contributed by atoms with Gasteiger partial charge in [0.05, 0.1) is 12.1 Å². The van der Waals surface area contributed by atoms with Crippen LogP contribution in [-0.2, 0) is 0 Å². The fourth-order valence-electron chi connectivity index (χ4n) is 1.08. The molecule has 1 rings (SSSR count). The molecule has 4 nitrogen and oxygen atoms in total. The van der Waals surface area contributed by atoms with Crippen LogP contribution in [0, 0.1) is 6.92 Å². The van der Waals surface area contributed by atoms with E-state index in [0.717, 1.165) is 0 Å². The summed E-state index contributed by atoms with van der Waals surface area (Å²) in [4.78, 5) is 15.3. The largest absolute Gasteiger partial charge is 0.390 e. The Bertz CT molecular complexity index is 383. The molecule has 6 heteroatoms. The van der Waals surface area contributed by atoms with E-state index in [4.69, 9.17) is 5.11 Å². The molecule has 0 saturated carbocycles. The molecule has 0 aliphatic rings. The first-order valence-electron chi connectivity index (χ1n) is 4.65. The van der Waals surface area contributed by atoms with Gasteiger partial charge < -0.3 is 10.4 Å². The number of aliphatic hydroxyl groups is 1. The van der Waals surface area contributed by atoms with Gasteiger partial charge in [0.2, 0.25) is 0 Å². The molecule has 0 unspecified atom stereocenters. The molecule has 0 aliphatic heterocycles. The van der Waals surface area contributed by atoms with Gasteiger partial charge in [0.25, 0.3) is 11.8 Å². The highest BCUT2D eigenvalue weighted by molar-refractivity contribution is 5.95. The number of carbonyl (C=O) groups excluding carboxylic acids is 1. The summed E-state index contributed by atoms with van der Waals surface area (Å²) in [5, 5.41) is 10.4. The minimum absolute atomic E-state index is 0.247. The second kappa shape index (κ2) is 4.98. The molecule has 0 bridgehead atoms. The predicted molar refractivity (Wildman–Crippen MR) is 53.3 cm³/mol. The van der Waals surface area contributed by atoms with Crippen molar-refractivity contribution in [1.82, 2.24) is 10.3 Å². The Morgan fingerprint density at radius 3 is 2.88 bits per heavy atom. The van der Waals surface area contributed by atoms with Crippen LogP contribution in [0.2, 0.25) is 0 Å². The molecular formula is C10H12F2N2O2. The van der Waals surface area contributed by atoms with E-state index in [1.807, 2.05) is 5.32 Å². The zero-order chi connectivity index (χ0) is 12.2. The lowest BCUT2D eigenvalue weighted by Crippen LogP contribution is -2.39. The lowest BCUT2D eigenvalue weighted by molar-refractivity contribution is -0.0462. The van der Waals surface area contributed by atoms with E-state index in [1.54, 1.807) is 13.0 Å². The van der Waals surface area contributed by atoms with Crippen LogP contribution in [0.3, 0.4) is 0 Å². The number of nitrogens with one attached hydrogen (secondary N) is 1. The summed E-state index contributed by atoms with van der Waals surface area (Å²) in [7, 11) is 0. The number of rotatable bonds is 4. The summed E-state index contributed by atoms with van der Waals surface area (Å²) in [6, 6.07) is 3.04. The minimum Gasteiger partial charge on any atom is -0.390 e. The van der Waals surface area contributed by atoms with Crippen LogP contribution in [0.1, 0.15) is 16.1 Å². The van der Waals surface area contributed by atoms with Crippen molar-refractivity contribution < 1.29 is 18.7 Å². The van der Waals surface area contributed by atoms with Gasteiger partial charge >= 0.3 is 0 Å². The zero-order valence-corrected chi connectivity index (χ0v) is 8.70. The maximum atomic E-state index is 12.6. The van der Waals surface area contributed by atoms with Gasteiger partial charge in [-0.2, -0.15) is 0 Å². The van der Waals surface area contributed by atoms with Gasteiger partial charge in [-0.15, -0.1) is 0 Å². The van der Waals surface area contributed by atoms with Gasteiger partial charge in [0.15, 0.2) is 0 Å². The predicted octanol–water partition coefficient (Wildman–Crippen LogP) is 0.747. The first-order valence-corrected chi connectivity index (χ1v) is 4.65. The van der Waals surface area contributed by atoms with Crippen LogP contribution >= 0.6 is 0 Å². The van der Waals surface area contributed by atoms with Crippen molar-refractivity contribution in [2.45, 2.75) is 12.8 Å². The number of hydrogen-bond donors (Lipinski definition) is 2. The molecule has 1 aromatic rings. The van der Waals surface area contributed by atoms with Gasteiger partial charge in [-0.25, -0.2) is 8.78 Å². The topological polar surface area (TPSA) is 62.2 Å². The van der Waals surface area contributed by atoms with Crippen molar-refractivity contribution in [3.8, 4) is 0 Å². The third kappa shape index (κ3) is 3.23. The molecule has 0 saturated heterocycles. The van der Waals surface area contributed by atoms with Gasteiger partial charge in [-0.05, 0) is 19.1 Å². The van der Waals surface area contributed by atoms with Crippen LogP contribution in [0.15, 0.2) is 18.3 Å². The average molecular weight is 230 g/mol. The number of amides is 1. The molecule has 0 fully saturated rings. The number of nitrogens with zero attached hydrogens (tertiary/aromatic N) is 1. The number of aryl methyl sites for hydroxylation is 1. The van der Waals surface area contributed by atoms with Crippen molar-refractivity contribution in [2.24, 2.45) is 0 Å². The van der Waals surface area contributed by atoms with Crippen LogP contribution in [-0.4, -0.2) is 35.1 Å². The number of aromatic nitrogens is 1. The highest BCUT2D eigenvalue weighted by atomic mass is 19.3. The van der Waals surface area contributed by atoms with Crippen molar-refractivity contribution in [3.05, 3.63) is 29.6 Å². The Kier molecular flexibility index (Phi) is 3.89. The summed E-state index contributed by atoms with van der Waals surface area (Å²) in [6.45, 7) is -0.574. The molecule has 16 heavy (non-hydrogen) atoms. The lowest BCUT2D eigenvalue weighted by atomic mass is 10.2. The number of alkyl halides is 2.